The second kappa shape index (κ2) is 8.47. The van der Waals surface area contributed by atoms with E-state index in [1.807, 2.05) is 6.07 Å². The number of rotatable bonds is 8. The van der Waals surface area contributed by atoms with Crippen molar-refractivity contribution in [1.29, 1.82) is 0 Å². The van der Waals surface area contributed by atoms with Gasteiger partial charge in [-0.3, -0.25) is 4.79 Å². The fourth-order valence-electron chi connectivity index (χ4n) is 2.06. The molecule has 6 heteroatoms. The standard InChI is InChI=1S/C18H19N3O3/c1-3-11-20(12-4-2)17(22)14-24-18(23)15-6-8-16(9-7-15)21-13-5-10-19-21/h3-10,13H,1-2,11-12,14H2. The van der Waals surface area contributed by atoms with Crippen molar-refractivity contribution in [3.63, 3.8) is 0 Å². The van der Waals surface area contributed by atoms with Gasteiger partial charge in [-0.1, -0.05) is 12.2 Å². The summed E-state index contributed by atoms with van der Waals surface area (Å²) in [5, 5.41) is 4.11. The average Bonchev–Trinajstić information content (AvgIpc) is 3.14. The molecule has 24 heavy (non-hydrogen) atoms. The average molecular weight is 325 g/mol. The van der Waals surface area contributed by atoms with Gasteiger partial charge in [0.1, 0.15) is 0 Å². The number of hydrogen-bond donors (Lipinski definition) is 0. The van der Waals surface area contributed by atoms with E-state index in [2.05, 4.69) is 18.3 Å². The first-order chi connectivity index (χ1) is 11.7. The van der Waals surface area contributed by atoms with Crippen molar-refractivity contribution in [2.75, 3.05) is 19.7 Å². The molecule has 0 fully saturated rings. The van der Waals surface area contributed by atoms with Crippen LogP contribution in [-0.4, -0.2) is 46.3 Å². The summed E-state index contributed by atoms with van der Waals surface area (Å²) in [4.78, 5) is 25.5. The van der Waals surface area contributed by atoms with Crippen molar-refractivity contribution in [3.8, 4) is 5.69 Å². The highest BCUT2D eigenvalue weighted by Gasteiger charge is 2.14. The van der Waals surface area contributed by atoms with Crippen LogP contribution in [0.2, 0.25) is 0 Å². The highest BCUT2D eigenvalue weighted by molar-refractivity contribution is 5.91. The van der Waals surface area contributed by atoms with Crippen molar-refractivity contribution in [1.82, 2.24) is 14.7 Å². The Balaban J connectivity index is 1.93. The van der Waals surface area contributed by atoms with Gasteiger partial charge in [-0.15, -0.1) is 13.2 Å². The van der Waals surface area contributed by atoms with E-state index in [0.29, 0.717) is 18.7 Å². The Hall–Kier alpha value is -3.15. The Morgan fingerprint density at radius 3 is 2.38 bits per heavy atom. The number of nitrogens with zero attached hydrogens (tertiary/aromatic N) is 3. The predicted octanol–water partition coefficient (Wildman–Crippen LogP) is 2.23. The van der Waals surface area contributed by atoms with Gasteiger partial charge in [0.2, 0.25) is 0 Å². The fourth-order valence-corrected chi connectivity index (χ4v) is 2.06. The number of amides is 1. The number of carbonyl (C=O) groups is 2. The minimum atomic E-state index is -0.549. The van der Waals surface area contributed by atoms with Gasteiger partial charge in [-0.05, 0) is 30.3 Å². The Morgan fingerprint density at radius 2 is 1.83 bits per heavy atom. The van der Waals surface area contributed by atoms with E-state index in [1.54, 1.807) is 53.5 Å². The molecule has 0 radical (unpaired) electrons. The fraction of sp³-hybridized carbons (Fsp3) is 0.167. The highest BCUT2D eigenvalue weighted by Crippen LogP contribution is 2.09. The molecule has 1 heterocycles. The molecular formula is C18H19N3O3. The SMILES string of the molecule is C=CCN(CC=C)C(=O)COC(=O)c1ccc(-n2cccn2)cc1. The molecule has 0 atom stereocenters. The second-order valence-corrected chi connectivity index (χ2v) is 4.95. The molecule has 0 aliphatic carbocycles. The zero-order valence-corrected chi connectivity index (χ0v) is 13.3. The summed E-state index contributed by atoms with van der Waals surface area (Å²) in [5.74, 6) is -0.844. The zero-order chi connectivity index (χ0) is 17.4. The van der Waals surface area contributed by atoms with E-state index in [1.165, 1.54) is 4.90 Å². The van der Waals surface area contributed by atoms with Crippen LogP contribution in [0.25, 0.3) is 5.69 Å². The van der Waals surface area contributed by atoms with Gasteiger partial charge in [0.25, 0.3) is 5.91 Å². The molecule has 2 aromatic rings. The van der Waals surface area contributed by atoms with Crippen molar-refractivity contribution in [2.45, 2.75) is 0 Å². The molecule has 1 aromatic heterocycles. The molecule has 0 aliphatic rings. The minimum absolute atomic E-state index is 0.295. The topological polar surface area (TPSA) is 64.4 Å². The van der Waals surface area contributed by atoms with Crippen molar-refractivity contribution < 1.29 is 14.3 Å². The molecule has 0 unspecified atom stereocenters. The summed E-state index contributed by atoms with van der Waals surface area (Å²) in [6, 6.07) is 8.59. The molecule has 2 rings (SSSR count). The van der Waals surface area contributed by atoms with E-state index in [4.69, 9.17) is 4.74 Å². The number of ether oxygens (including phenoxy) is 1. The predicted molar refractivity (Wildman–Crippen MR) is 90.8 cm³/mol. The lowest BCUT2D eigenvalue weighted by Crippen LogP contribution is -2.35. The number of aromatic nitrogens is 2. The summed E-state index contributed by atoms with van der Waals surface area (Å²) in [6.07, 6.45) is 6.69. The first-order valence-electron chi connectivity index (χ1n) is 7.42. The number of esters is 1. The van der Waals surface area contributed by atoms with Gasteiger partial charge in [0.15, 0.2) is 6.61 Å². The van der Waals surface area contributed by atoms with Crippen molar-refractivity contribution in [3.05, 3.63) is 73.6 Å². The van der Waals surface area contributed by atoms with Crippen LogP contribution in [0.15, 0.2) is 68.0 Å². The third kappa shape index (κ3) is 4.42. The van der Waals surface area contributed by atoms with Crippen LogP contribution in [0, 0.1) is 0 Å². The molecule has 0 N–H and O–H groups in total. The molecule has 124 valence electrons. The van der Waals surface area contributed by atoms with Crippen LogP contribution in [0.3, 0.4) is 0 Å². The summed E-state index contributed by atoms with van der Waals surface area (Å²) in [5.41, 5.74) is 1.20. The quantitative estimate of drug-likeness (QED) is 0.551. The zero-order valence-electron chi connectivity index (χ0n) is 13.3. The van der Waals surface area contributed by atoms with Gasteiger partial charge in [-0.25, -0.2) is 9.48 Å². The molecule has 6 nitrogen and oxygen atoms in total. The van der Waals surface area contributed by atoms with Gasteiger partial charge < -0.3 is 9.64 Å². The first-order valence-corrected chi connectivity index (χ1v) is 7.42. The summed E-state index contributed by atoms with van der Waals surface area (Å²) in [6.45, 7) is 7.62. The normalized spacial score (nSPS) is 10.0. The Morgan fingerprint density at radius 1 is 1.17 bits per heavy atom. The summed E-state index contributed by atoms with van der Waals surface area (Å²) < 4.78 is 6.75. The van der Waals surface area contributed by atoms with Gasteiger partial charge >= 0.3 is 5.97 Å². The summed E-state index contributed by atoms with van der Waals surface area (Å²) >= 11 is 0. The number of benzene rings is 1. The van der Waals surface area contributed by atoms with E-state index in [-0.39, 0.29) is 12.5 Å². The third-order valence-electron chi connectivity index (χ3n) is 3.25. The number of carbonyl (C=O) groups excluding carboxylic acids is 2. The van der Waals surface area contributed by atoms with E-state index < -0.39 is 5.97 Å². The van der Waals surface area contributed by atoms with Gasteiger partial charge in [-0.2, -0.15) is 5.10 Å². The van der Waals surface area contributed by atoms with Gasteiger partial charge in [0, 0.05) is 25.5 Å². The second-order valence-electron chi connectivity index (χ2n) is 4.95. The molecule has 0 bridgehead atoms. The van der Waals surface area contributed by atoms with Crippen LogP contribution in [-0.2, 0) is 9.53 Å². The Labute approximate surface area is 140 Å². The lowest BCUT2D eigenvalue weighted by molar-refractivity contribution is -0.133. The molecule has 1 amide bonds. The first kappa shape index (κ1) is 17.2. The van der Waals surface area contributed by atoms with Crippen LogP contribution in [0.4, 0.5) is 0 Å². The molecule has 0 aliphatic heterocycles. The van der Waals surface area contributed by atoms with Crippen LogP contribution in [0.1, 0.15) is 10.4 Å². The maximum absolute atomic E-state index is 12.0. The largest absolute Gasteiger partial charge is 0.452 e. The Bertz CT molecular complexity index is 696. The van der Waals surface area contributed by atoms with Crippen molar-refractivity contribution >= 4 is 11.9 Å². The molecule has 0 saturated heterocycles. The highest BCUT2D eigenvalue weighted by atomic mass is 16.5. The number of hydrogen-bond acceptors (Lipinski definition) is 4. The smallest absolute Gasteiger partial charge is 0.338 e. The van der Waals surface area contributed by atoms with Gasteiger partial charge in [0.05, 0.1) is 11.3 Å². The van der Waals surface area contributed by atoms with Crippen molar-refractivity contribution in [2.24, 2.45) is 0 Å². The summed E-state index contributed by atoms with van der Waals surface area (Å²) in [7, 11) is 0. The molecule has 0 spiro atoms. The molecule has 1 aromatic carbocycles. The minimum Gasteiger partial charge on any atom is -0.452 e. The Kier molecular flexibility index (Phi) is 6.08. The van der Waals surface area contributed by atoms with E-state index >= 15 is 0 Å². The molecular weight excluding hydrogens is 306 g/mol. The third-order valence-corrected chi connectivity index (χ3v) is 3.25. The maximum atomic E-state index is 12.0. The van der Waals surface area contributed by atoms with Crippen LogP contribution >= 0.6 is 0 Å². The molecule has 0 saturated carbocycles. The maximum Gasteiger partial charge on any atom is 0.338 e. The van der Waals surface area contributed by atoms with E-state index in [9.17, 15) is 9.59 Å². The lowest BCUT2D eigenvalue weighted by atomic mass is 10.2. The van der Waals surface area contributed by atoms with Crippen LogP contribution in [0.5, 0.6) is 0 Å². The van der Waals surface area contributed by atoms with Crippen LogP contribution < -0.4 is 0 Å². The monoisotopic (exact) mass is 325 g/mol. The lowest BCUT2D eigenvalue weighted by Gasteiger charge is -2.18. The van der Waals surface area contributed by atoms with E-state index in [0.717, 1.165) is 5.69 Å².